The summed E-state index contributed by atoms with van der Waals surface area (Å²) in [5.74, 6) is 0.577. The Kier molecular flexibility index (Phi) is 6.21. The smallest absolute Gasteiger partial charge is 0.191 e. The van der Waals surface area contributed by atoms with E-state index in [4.69, 9.17) is 4.74 Å². The van der Waals surface area contributed by atoms with Gasteiger partial charge in [-0.1, -0.05) is 6.07 Å². The van der Waals surface area contributed by atoms with Crippen LogP contribution in [0, 0.1) is 17.6 Å². The Morgan fingerprint density at radius 3 is 2.78 bits per heavy atom. The van der Waals surface area contributed by atoms with Gasteiger partial charge in [0.25, 0.3) is 0 Å². The van der Waals surface area contributed by atoms with Crippen LogP contribution in [-0.4, -0.2) is 24.6 Å². The molecule has 3 rings (SSSR count). The summed E-state index contributed by atoms with van der Waals surface area (Å²) in [6.07, 6.45) is 3.86. The maximum Gasteiger partial charge on any atom is 0.191 e. The number of hydrogen-bond donors (Lipinski definition) is 2. The molecule has 2 aromatic rings. The number of nitrogens with one attached hydrogen (secondary N) is 2. The molecule has 1 aromatic heterocycles. The Morgan fingerprint density at radius 1 is 1.30 bits per heavy atom. The molecule has 27 heavy (non-hydrogen) atoms. The number of aromatic nitrogens is 1. The summed E-state index contributed by atoms with van der Waals surface area (Å²) in [5.41, 5.74) is 1.06. The lowest BCUT2D eigenvalue weighted by Gasteiger charge is -2.19. The van der Waals surface area contributed by atoms with Gasteiger partial charge in [-0.25, -0.2) is 8.78 Å². The van der Waals surface area contributed by atoms with Crippen molar-refractivity contribution in [3.8, 4) is 5.75 Å². The fraction of sp³-hybridized carbons (Fsp3) is 0.400. The van der Waals surface area contributed by atoms with E-state index in [0.29, 0.717) is 24.2 Å². The molecule has 0 aliphatic heterocycles. The molecule has 0 bridgehead atoms. The molecule has 144 valence electrons. The Morgan fingerprint density at radius 2 is 2.11 bits per heavy atom. The van der Waals surface area contributed by atoms with Gasteiger partial charge in [0.2, 0.25) is 0 Å². The molecule has 5 nitrogen and oxygen atoms in total. The van der Waals surface area contributed by atoms with E-state index in [0.717, 1.165) is 18.4 Å². The lowest BCUT2D eigenvalue weighted by atomic mass is 10.1. The zero-order chi connectivity index (χ0) is 19.2. The standard InChI is InChI=1S/C20H24F2N4O/c1-13(15-7-8-19(17(22)10-15)27-12-14-5-6-14)26-20(23-2)25-11-18-16(21)4-3-9-24-18/h3-4,7-10,13-14H,5-6,11-12H2,1-2H3,(H2,23,25,26). The van der Waals surface area contributed by atoms with Gasteiger partial charge in [-0.3, -0.25) is 9.98 Å². The molecule has 0 amide bonds. The summed E-state index contributed by atoms with van der Waals surface area (Å²) >= 11 is 0. The van der Waals surface area contributed by atoms with Gasteiger partial charge in [-0.2, -0.15) is 0 Å². The number of rotatable bonds is 7. The molecule has 1 heterocycles. The predicted molar refractivity (Wildman–Crippen MR) is 101 cm³/mol. The second kappa shape index (κ2) is 8.79. The van der Waals surface area contributed by atoms with E-state index in [9.17, 15) is 8.78 Å². The SMILES string of the molecule is CN=C(NCc1ncccc1F)NC(C)c1ccc(OCC2CC2)c(F)c1. The number of aliphatic imine (C=N–C) groups is 1. The average Bonchev–Trinajstić information content (AvgIpc) is 3.49. The Balaban J connectivity index is 1.56. The van der Waals surface area contributed by atoms with Crippen molar-refractivity contribution in [1.82, 2.24) is 15.6 Å². The van der Waals surface area contributed by atoms with Crippen LogP contribution in [0.15, 0.2) is 41.5 Å². The van der Waals surface area contributed by atoms with Crippen LogP contribution in [0.5, 0.6) is 5.75 Å². The van der Waals surface area contributed by atoms with Crippen molar-refractivity contribution in [2.75, 3.05) is 13.7 Å². The highest BCUT2D eigenvalue weighted by Crippen LogP contribution is 2.30. The molecule has 2 N–H and O–H groups in total. The van der Waals surface area contributed by atoms with Crippen LogP contribution in [0.4, 0.5) is 8.78 Å². The third-order valence-corrected chi connectivity index (χ3v) is 4.46. The van der Waals surface area contributed by atoms with Gasteiger partial charge < -0.3 is 15.4 Å². The predicted octanol–water partition coefficient (Wildman–Crippen LogP) is 3.57. The minimum Gasteiger partial charge on any atom is -0.490 e. The first kappa shape index (κ1) is 19.1. The first-order valence-electron chi connectivity index (χ1n) is 9.05. The molecule has 0 spiro atoms. The zero-order valence-electron chi connectivity index (χ0n) is 15.5. The van der Waals surface area contributed by atoms with Crippen molar-refractivity contribution in [3.63, 3.8) is 0 Å². The van der Waals surface area contributed by atoms with Crippen molar-refractivity contribution in [1.29, 1.82) is 0 Å². The highest BCUT2D eigenvalue weighted by atomic mass is 19.1. The van der Waals surface area contributed by atoms with Crippen molar-refractivity contribution in [2.24, 2.45) is 10.9 Å². The van der Waals surface area contributed by atoms with Gasteiger partial charge in [0.05, 0.1) is 24.9 Å². The summed E-state index contributed by atoms with van der Waals surface area (Å²) in [5, 5.41) is 6.17. The first-order chi connectivity index (χ1) is 13.1. The maximum atomic E-state index is 14.3. The van der Waals surface area contributed by atoms with E-state index >= 15 is 0 Å². The van der Waals surface area contributed by atoms with Crippen LogP contribution < -0.4 is 15.4 Å². The van der Waals surface area contributed by atoms with E-state index in [1.165, 1.54) is 18.3 Å². The molecule has 7 heteroatoms. The quantitative estimate of drug-likeness (QED) is 0.575. The molecule has 1 aliphatic rings. The number of nitrogens with zero attached hydrogens (tertiary/aromatic N) is 2. The zero-order valence-corrected chi connectivity index (χ0v) is 15.5. The number of benzene rings is 1. The average molecular weight is 374 g/mol. The van der Waals surface area contributed by atoms with Crippen LogP contribution in [0.3, 0.4) is 0 Å². The van der Waals surface area contributed by atoms with Crippen molar-refractivity contribution < 1.29 is 13.5 Å². The van der Waals surface area contributed by atoms with Gasteiger partial charge in [0.15, 0.2) is 17.5 Å². The molecule has 1 fully saturated rings. The van der Waals surface area contributed by atoms with Gasteiger partial charge in [0, 0.05) is 13.2 Å². The molecular weight excluding hydrogens is 350 g/mol. The van der Waals surface area contributed by atoms with E-state index < -0.39 is 0 Å². The lowest BCUT2D eigenvalue weighted by Crippen LogP contribution is -2.38. The van der Waals surface area contributed by atoms with Crippen molar-refractivity contribution in [2.45, 2.75) is 32.4 Å². The molecule has 1 aliphatic carbocycles. The largest absolute Gasteiger partial charge is 0.490 e. The number of guanidine groups is 1. The monoisotopic (exact) mass is 374 g/mol. The number of ether oxygens (including phenoxy) is 1. The third-order valence-electron chi connectivity index (χ3n) is 4.46. The second-order valence-electron chi connectivity index (χ2n) is 6.67. The van der Waals surface area contributed by atoms with E-state index in [1.54, 1.807) is 19.2 Å². The number of halogens is 2. The normalized spacial score (nSPS) is 15.3. The first-order valence-corrected chi connectivity index (χ1v) is 9.05. The Bertz CT molecular complexity index is 808. The van der Waals surface area contributed by atoms with E-state index in [2.05, 4.69) is 20.6 Å². The topological polar surface area (TPSA) is 58.5 Å². The molecule has 1 atom stereocenters. The van der Waals surface area contributed by atoms with Crippen LogP contribution >= 0.6 is 0 Å². The Hall–Kier alpha value is -2.70. The summed E-state index contributed by atoms with van der Waals surface area (Å²) in [6.45, 7) is 2.67. The van der Waals surface area contributed by atoms with Crippen molar-refractivity contribution >= 4 is 5.96 Å². The maximum absolute atomic E-state index is 14.3. The van der Waals surface area contributed by atoms with Crippen LogP contribution in [0.25, 0.3) is 0 Å². The minimum atomic E-state index is -0.377. The minimum absolute atomic E-state index is 0.196. The van der Waals surface area contributed by atoms with Crippen LogP contribution in [0.2, 0.25) is 0 Å². The van der Waals surface area contributed by atoms with Gasteiger partial charge in [0.1, 0.15) is 5.82 Å². The molecule has 0 saturated heterocycles. The highest BCUT2D eigenvalue weighted by Gasteiger charge is 2.22. The van der Waals surface area contributed by atoms with Crippen LogP contribution in [0.1, 0.15) is 37.1 Å². The summed E-state index contributed by atoms with van der Waals surface area (Å²) < 4.78 is 33.4. The molecule has 1 aromatic carbocycles. The van der Waals surface area contributed by atoms with Crippen LogP contribution in [-0.2, 0) is 6.54 Å². The van der Waals surface area contributed by atoms with Crippen molar-refractivity contribution in [3.05, 3.63) is 59.4 Å². The van der Waals surface area contributed by atoms with E-state index in [1.807, 2.05) is 13.0 Å². The van der Waals surface area contributed by atoms with Gasteiger partial charge >= 0.3 is 0 Å². The molecule has 1 saturated carbocycles. The number of hydrogen-bond acceptors (Lipinski definition) is 3. The van der Waals surface area contributed by atoms with Gasteiger partial charge in [-0.15, -0.1) is 0 Å². The highest BCUT2D eigenvalue weighted by molar-refractivity contribution is 5.80. The fourth-order valence-electron chi connectivity index (χ4n) is 2.59. The second-order valence-corrected chi connectivity index (χ2v) is 6.67. The molecule has 0 radical (unpaired) electrons. The fourth-order valence-corrected chi connectivity index (χ4v) is 2.59. The summed E-state index contributed by atoms with van der Waals surface area (Å²) in [4.78, 5) is 8.11. The third kappa shape index (κ3) is 5.39. The van der Waals surface area contributed by atoms with Gasteiger partial charge in [-0.05, 0) is 55.5 Å². The molecule has 1 unspecified atom stereocenters. The Labute approximate surface area is 157 Å². The lowest BCUT2D eigenvalue weighted by molar-refractivity contribution is 0.285. The molecular formula is C20H24F2N4O. The number of pyridine rings is 1. The summed E-state index contributed by atoms with van der Waals surface area (Å²) in [7, 11) is 1.62. The summed E-state index contributed by atoms with van der Waals surface area (Å²) in [6, 6.07) is 7.65. The van der Waals surface area contributed by atoms with E-state index in [-0.39, 0.29) is 30.0 Å².